The smallest absolute Gasteiger partial charge is 0.320 e. The molecule has 174 valence electrons. The number of fused-ring (bicyclic) bond motifs is 1. The molecule has 0 aliphatic carbocycles. The third-order valence-corrected chi connectivity index (χ3v) is 6.22. The molecule has 0 amide bonds. The van der Waals surface area contributed by atoms with Crippen LogP contribution in [0, 0.1) is 0 Å². The zero-order chi connectivity index (χ0) is 20.9. The normalized spacial score (nSPS) is 15.0. The monoisotopic (exact) mass is 498 g/mol. The van der Waals surface area contributed by atoms with Crippen molar-refractivity contribution in [1.29, 1.82) is 0 Å². The van der Waals surface area contributed by atoms with Gasteiger partial charge in [0, 0.05) is 38.1 Å². The molecule has 1 aromatic heterocycles. The maximum Gasteiger partial charge on any atom is 0.320 e. The topological polar surface area (TPSA) is 91.9 Å². The quantitative estimate of drug-likeness (QED) is 0.492. The molecule has 1 aliphatic rings. The van der Waals surface area contributed by atoms with Gasteiger partial charge in [0.25, 0.3) is 0 Å². The van der Waals surface area contributed by atoms with E-state index in [1.807, 2.05) is 24.3 Å². The molecule has 1 aliphatic heterocycles. The van der Waals surface area contributed by atoms with Gasteiger partial charge in [-0.25, -0.2) is 0 Å². The Labute approximate surface area is 204 Å². The van der Waals surface area contributed by atoms with Gasteiger partial charge in [0.05, 0.1) is 4.70 Å². The maximum atomic E-state index is 10.8. The average Bonchev–Trinajstić information content (AvgIpc) is 3.19. The highest BCUT2D eigenvalue weighted by Crippen LogP contribution is 2.29. The predicted octanol–water partition coefficient (Wildman–Crippen LogP) is 3.30. The molecule has 1 atom stereocenters. The molecule has 4 rings (SSSR count). The van der Waals surface area contributed by atoms with Crippen molar-refractivity contribution in [3.05, 3.63) is 54.1 Å². The number of carboxylic acid groups (broad SMARTS) is 1. The Morgan fingerprint density at radius 3 is 2.47 bits per heavy atom. The lowest BCUT2D eigenvalue weighted by molar-refractivity contribution is -0.138. The van der Waals surface area contributed by atoms with Crippen LogP contribution in [0.4, 0.5) is 5.82 Å². The van der Waals surface area contributed by atoms with Gasteiger partial charge < -0.3 is 20.5 Å². The Morgan fingerprint density at radius 2 is 1.78 bits per heavy atom. The third-order valence-electron chi connectivity index (χ3n) is 5.40. The average molecular weight is 499 g/mol. The summed E-state index contributed by atoms with van der Waals surface area (Å²) in [6.45, 7) is 5.39. The Morgan fingerprint density at radius 1 is 1.09 bits per heavy atom. The van der Waals surface area contributed by atoms with E-state index in [2.05, 4.69) is 38.4 Å². The lowest BCUT2D eigenvalue weighted by Gasteiger charge is -2.34. The number of hydrogen-bond acceptors (Lipinski definition) is 7. The summed E-state index contributed by atoms with van der Waals surface area (Å²) >= 11 is 1.56. The fourth-order valence-corrected chi connectivity index (χ4v) is 4.44. The molecule has 1 saturated heterocycles. The van der Waals surface area contributed by atoms with E-state index in [1.54, 1.807) is 11.5 Å². The minimum absolute atomic E-state index is 0. The first-order chi connectivity index (χ1) is 14.6. The summed E-state index contributed by atoms with van der Waals surface area (Å²) in [5.74, 6) is 0.905. The highest BCUT2D eigenvalue weighted by atomic mass is 35.5. The minimum Gasteiger partial charge on any atom is -0.492 e. The molecule has 0 spiro atoms. The van der Waals surface area contributed by atoms with E-state index >= 15 is 0 Å². The van der Waals surface area contributed by atoms with Crippen molar-refractivity contribution in [2.24, 2.45) is 5.73 Å². The summed E-state index contributed by atoms with van der Waals surface area (Å²) in [6.07, 6.45) is 0.314. The molecule has 2 aromatic carbocycles. The second-order valence-corrected chi connectivity index (χ2v) is 8.28. The summed E-state index contributed by atoms with van der Waals surface area (Å²) in [5.41, 5.74) is 6.47. The van der Waals surface area contributed by atoms with Crippen LogP contribution in [0.1, 0.15) is 5.56 Å². The van der Waals surface area contributed by atoms with E-state index in [9.17, 15) is 4.79 Å². The fraction of sp³-hybridized carbons (Fsp3) is 0.364. The van der Waals surface area contributed by atoms with E-state index in [0.29, 0.717) is 13.0 Å². The summed E-state index contributed by atoms with van der Waals surface area (Å²) in [6, 6.07) is 15.0. The van der Waals surface area contributed by atoms with Gasteiger partial charge in [-0.3, -0.25) is 9.69 Å². The molecule has 3 N–H and O–H groups in total. The Balaban J connectivity index is 0.00000181. The van der Waals surface area contributed by atoms with Crippen molar-refractivity contribution >= 4 is 58.2 Å². The van der Waals surface area contributed by atoms with Crippen molar-refractivity contribution in [3.8, 4) is 5.75 Å². The van der Waals surface area contributed by atoms with Crippen molar-refractivity contribution < 1.29 is 14.6 Å². The maximum absolute atomic E-state index is 10.8. The highest BCUT2D eigenvalue weighted by molar-refractivity contribution is 7.13. The van der Waals surface area contributed by atoms with Crippen molar-refractivity contribution in [1.82, 2.24) is 9.27 Å². The molecule has 10 heteroatoms. The number of hydrogen-bond donors (Lipinski definition) is 2. The van der Waals surface area contributed by atoms with Crippen LogP contribution in [0.3, 0.4) is 0 Å². The molecule has 0 unspecified atom stereocenters. The molecule has 0 radical (unpaired) electrons. The summed E-state index contributed by atoms with van der Waals surface area (Å²) < 4.78 is 11.8. The first-order valence-corrected chi connectivity index (χ1v) is 10.9. The summed E-state index contributed by atoms with van der Waals surface area (Å²) in [5, 5.41) is 10.1. The van der Waals surface area contributed by atoms with Crippen LogP contribution in [-0.2, 0) is 11.2 Å². The number of aromatic nitrogens is 1. The van der Waals surface area contributed by atoms with Gasteiger partial charge in [-0.15, -0.1) is 24.8 Å². The first kappa shape index (κ1) is 26.2. The molecular weight excluding hydrogens is 471 g/mol. The van der Waals surface area contributed by atoms with Crippen LogP contribution in [0.5, 0.6) is 5.75 Å². The number of anilines is 1. The van der Waals surface area contributed by atoms with Gasteiger partial charge in [0.15, 0.2) is 0 Å². The van der Waals surface area contributed by atoms with Crippen LogP contribution >= 0.6 is 36.3 Å². The molecule has 3 aromatic rings. The summed E-state index contributed by atoms with van der Waals surface area (Å²) in [4.78, 5) is 15.6. The van der Waals surface area contributed by atoms with Gasteiger partial charge in [0.1, 0.15) is 24.2 Å². The molecule has 1 fully saturated rings. The molecule has 7 nitrogen and oxygen atoms in total. The van der Waals surface area contributed by atoms with Crippen LogP contribution in [0.25, 0.3) is 10.1 Å². The minimum atomic E-state index is -0.988. The summed E-state index contributed by atoms with van der Waals surface area (Å²) in [7, 11) is 0. The first-order valence-electron chi connectivity index (χ1n) is 10.1. The second kappa shape index (κ2) is 12.2. The SMILES string of the molecule is Cl.Cl.N[C@@H](Cc1ccc(OCCN2CCN(c3nsc4ccccc34)CC2)cc1)C(=O)O. The lowest BCUT2D eigenvalue weighted by atomic mass is 10.1. The highest BCUT2D eigenvalue weighted by Gasteiger charge is 2.20. The van der Waals surface area contributed by atoms with Gasteiger partial charge >= 0.3 is 5.97 Å². The zero-order valence-corrected chi connectivity index (χ0v) is 20.0. The number of rotatable bonds is 8. The largest absolute Gasteiger partial charge is 0.492 e. The van der Waals surface area contributed by atoms with Crippen molar-refractivity contribution in [2.75, 3.05) is 44.2 Å². The van der Waals surface area contributed by atoms with E-state index < -0.39 is 12.0 Å². The van der Waals surface area contributed by atoms with E-state index in [0.717, 1.165) is 49.9 Å². The van der Waals surface area contributed by atoms with Crippen molar-refractivity contribution in [3.63, 3.8) is 0 Å². The molecule has 0 saturated carbocycles. The third kappa shape index (κ3) is 6.46. The standard InChI is InChI=1S/C22H26N4O3S.2ClH/c23-19(22(27)28)15-16-5-7-17(8-6-16)29-14-13-25-9-11-26(12-10-25)21-18-3-1-2-4-20(18)30-24-21;;/h1-8,19H,9-15,23H2,(H,27,28);2*1H/t19-;;/m0../s1. The van der Waals surface area contributed by atoms with Gasteiger partial charge in [-0.2, -0.15) is 4.37 Å². The number of piperazine rings is 1. The number of carboxylic acids is 1. The fourth-order valence-electron chi connectivity index (χ4n) is 3.64. The van der Waals surface area contributed by atoms with Crippen molar-refractivity contribution in [2.45, 2.75) is 12.5 Å². The number of carbonyl (C=O) groups is 1. The lowest BCUT2D eigenvalue weighted by Crippen LogP contribution is -2.47. The van der Waals surface area contributed by atoms with Crippen LogP contribution in [0.15, 0.2) is 48.5 Å². The van der Waals surface area contributed by atoms with E-state index in [4.69, 9.17) is 15.6 Å². The number of ether oxygens (including phenoxy) is 1. The van der Waals surface area contributed by atoms with E-state index in [-0.39, 0.29) is 24.8 Å². The molecule has 2 heterocycles. The number of benzene rings is 2. The zero-order valence-electron chi connectivity index (χ0n) is 17.6. The number of nitrogens with two attached hydrogens (primary N) is 1. The Bertz CT molecular complexity index is 994. The van der Waals surface area contributed by atoms with Gasteiger partial charge in [-0.1, -0.05) is 24.3 Å². The van der Waals surface area contributed by atoms with Crippen LogP contribution in [-0.4, -0.2) is 65.7 Å². The molecule has 0 bridgehead atoms. The van der Waals surface area contributed by atoms with Gasteiger partial charge in [0.2, 0.25) is 0 Å². The Hall–Kier alpha value is -2.10. The van der Waals surface area contributed by atoms with E-state index in [1.165, 1.54) is 10.1 Å². The molecule has 32 heavy (non-hydrogen) atoms. The molecular formula is C22H28Cl2N4O3S. The Kier molecular flexibility index (Phi) is 9.99. The second-order valence-electron chi connectivity index (χ2n) is 7.47. The number of aliphatic carboxylic acids is 1. The van der Waals surface area contributed by atoms with Gasteiger partial charge in [-0.05, 0) is 47.8 Å². The van der Waals surface area contributed by atoms with Crippen LogP contribution in [0.2, 0.25) is 0 Å². The predicted molar refractivity (Wildman–Crippen MR) is 134 cm³/mol. The number of halogens is 2. The van der Waals surface area contributed by atoms with Crippen LogP contribution < -0.4 is 15.4 Å². The number of nitrogens with zero attached hydrogens (tertiary/aromatic N) is 3.